The van der Waals surface area contributed by atoms with Gasteiger partial charge in [0.15, 0.2) is 9.84 Å². The van der Waals surface area contributed by atoms with Crippen LogP contribution in [0.15, 0.2) is 41.3 Å². The lowest BCUT2D eigenvalue weighted by Crippen LogP contribution is -2.13. The summed E-state index contributed by atoms with van der Waals surface area (Å²) >= 11 is 0. The van der Waals surface area contributed by atoms with Crippen molar-refractivity contribution in [2.24, 2.45) is 0 Å². The Labute approximate surface area is 145 Å². The topological polar surface area (TPSA) is 89.3 Å². The van der Waals surface area contributed by atoms with Crippen LogP contribution in [0, 0.1) is 15.9 Å². The molecule has 2 aromatic carbocycles. The Morgan fingerprint density at radius 3 is 2.35 bits per heavy atom. The van der Waals surface area contributed by atoms with Crippen molar-refractivity contribution in [3.05, 3.63) is 63.5 Å². The van der Waals surface area contributed by atoms with Crippen molar-refractivity contribution in [1.82, 2.24) is 0 Å². The fraction of sp³-hybridized carbons (Fsp3) is 0.200. The molecule has 140 valence electrons. The largest absolute Gasteiger partial charge is 0.416 e. The Bertz CT molecular complexity index is 959. The minimum atomic E-state index is -4.80. The van der Waals surface area contributed by atoms with E-state index in [0.717, 1.165) is 36.6 Å². The van der Waals surface area contributed by atoms with Gasteiger partial charge in [0.25, 0.3) is 5.69 Å². The van der Waals surface area contributed by atoms with Gasteiger partial charge in [-0.3, -0.25) is 10.1 Å². The van der Waals surface area contributed by atoms with Crippen LogP contribution in [-0.2, 0) is 22.6 Å². The molecule has 0 aliphatic rings. The predicted molar refractivity (Wildman–Crippen MR) is 84.9 cm³/mol. The number of alkyl halides is 3. The van der Waals surface area contributed by atoms with Gasteiger partial charge in [-0.05, 0) is 29.8 Å². The monoisotopic (exact) mass is 392 g/mol. The van der Waals surface area contributed by atoms with Crippen molar-refractivity contribution in [1.29, 1.82) is 0 Å². The van der Waals surface area contributed by atoms with Crippen molar-refractivity contribution in [3.8, 4) is 0 Å². The lowest BCUT2D eigenvalue weighted by atomic mass is 10.1. The standard InChI is InChI=1S/C15H12F4N2O4S/c1-26(24,25)11-4-5-13(14(7-11)21(22)23)20-8-9-2-3-10(16)6-12(9)15(17,18)19/h2-7,20H,8H2,1H3. The Kier molecular flexibility index (Phi) is 5.21. The van der Waals surface area contributed by atoms with Gasteiger partial charge in [0, 0.05) is 18.9 Å². The molecule has 26 heavy (non-hydrogen) atoms. The molecule has 0 atom stereocenters. The van der Waals surface area contributed by atoms with Gasteiger partial charge >= 0.3 is 6.18 Å². The smallest absolute Gasteiger partial charge is 0.375 e. The third-order valence-electron chi connectivity index (χ3n) is 3.44. The number of nitrogens with zero attached hydrogens (tertiary/aromatic N) is 1. The summed E-state index contributed by atoms with van der Waals surface area (Å²) in [5.41, 5.74) is -2.30. The SMILES string of the molecule is CS(=O)(=O)c1ccc(NCc2ccc(F)cc2C(F)(F)F)c([N+](=O)[O-])c1. The molecule has 0 aliphatic heterocycles. The molecule has 2 rings (SSSR count). The second-order valence-electron chi connectivity index (χ2n) is 5.36. The summed E-state index contributed by atoms with van der Waals surface area (Å²) in [6, 6.07) is 5.09. The van der Waals surface area contributed by atoms with E-state index in [1.165, 1.54) is 0 Å². The van der Waals surface area contributed by atoms with Gasteiger partial charge in [-0.25, -0.2) is 12.8 Å². The van der Waals surface area contributed by atoms with Crippen LogP contribution in [-0.4, -0.2) is 19.6 Å². The van der Waals surface area contributed by atoms with Crippen LogP contribution in [0.1, 0.15) is 11.1 Å². The maximum absolute atomic E-state index is 13.1. The molecule has 0 unspecified atom stereocenters. The van der Waals surface area contributed by atoms with E-state index in [1.807, 2.05) is 0 Å². The molecule has 1 N–H and O–H groups in total. The van der Waals surface area contributed by atoms with Crippen molar-refractivity contribution < 1.29 is 30.9 Å². The maximum atomic E-state index is 13.1. The number of halogens is 4. The van der Waals surface area contributed by atoms with E-state index in [0.29, 0.717) is 6.07 Å². The molecule has 0 amide bonds. The van der Waals surface area contributed by atoms with E-state index >= 15 is 0 Å². The lowest BCUT2D eigenvalue weighted by Gasteiger charge is -2.14. The Morgan fingerprint density at radius 2 is 1.81 bits per heavy atom. The van der Waals surface area contributed by atoms with Gasteiger partial charge in [0.05, 0.1) is 15.4 Å². The molecule has 2 aromatic rings. The quantitative estimate of drug-likeness (QED) is 0.475. The number of hydrogen-bond donors (Lipinski definition) is 1. The first kappa shape index (κ1) is 19.6. The number of sulfone groups is 1. The van der Waals surface area contributed by atoms with E-state index in [1.54, 1.807) is 0 Å². The Morgan fingerprint density at radius 1 is 1.15 bits per heavy atom. The molecule has 0 spiro atoms. The number of anilines is 1. The molecule has 0 saturated heterocycles. The number of rotatable bonds is 5. The predicted octanol–water partition coefficient (Wildman–Crippen LogP) is 3.77. The third-order valence-corrected chi connectivity index (χ3v) is 4.55. The minimum absolute atomic E-state index is 0.167. The number of hydrogen-bond acceptors (Lipinski definition) is 5. The molecule has 0 aromatic heterocycles. The van der Waals surface area contributed by atoms with Crippen molar-refractivity contribution in [2.75, 3.05) is 11.6 Å². The first-order chi connectivity index (χ1) is 11.9. The molecule has 0 fully saturated rings. The highest BCUT2D eigenvalue weighted by molar-refractivity contribution is 7.90. The van der Waals surface area contributed by atoms with Gasteiger partial charge in [-0.15, -0.1) is 0 Å². The third kappa shape index (κ3) is 4.48. The van der Waals surface area contributed by atoms with Gasteiger partial charge in [-0.1, -0.05) is 6.07 Å². The van der Waals surface area contributed by atoms with Crippen LogP contribution in [0.25, 0.3) is 0 Å². The molecular formula is C15H12F4N2O4S. The summed E-state index contributed by atoms with van der Waals surface area (Å²) in [6.45, 7) is -0.478. The molecule has 0 bridgehead atoms. The average molecular weight is 392 g/mol. The minimum Gasteiger partial charge on any atom is -0.375 e. The Hall–Kier alpha value is -2.69. The summed E-state index contributed by atoms with van der Waals surface area (Å²) < 4.78 is 75.0. The summed E-state index contributed by atoms with van der Waals surface area (Å²) in [5, 5.41) is 13.6. The average Bonchev–Trinajstić information content (AvgIpc) is 2.51. The van der Waals surface area contributed by atoms with Crippen LogP contribution in [0.2, 0.25) is 0 Å². The van der Waals surface area contributed by atoms with Crippen LogP contribution >= 0.6 is 0 Å². The number of benzene rings is 2. The van der Waals surface area contributed by atoms with E-state index in [-0.39, 0.29) is 16.1 Å². The zero-order valence-electron chi connectivity index (χ0n) is 13.2. The zero-order chi connectivity index (χ0) is 19.7. The van der Waals surface area contributed by atoms with Crippen molar-refractivity contribution >= 4 is 21.2 Å². The number of nitro groups is 1. The summed E-state index contributed by atoms with van der Waals surface area (Å²) in [7, 11) is -3.70. The number of nitro benzene ring substituents is 1. The highest BCUT2D eigenvalue weighted by Crippen LogP contribution is 2.34. The highest BCUT2D eigenvalue weighted by atomic mass is 32.2. The van der Waals surface area contributed by atoms with Crippen molar-refractivity contribution in [2.45, 2.75) is 17.6 Å². The summed E-state index contributed by atoms with van der Waals surface area (Å²) in [6.07, 6.45) is -3.93. The fourth-order valence-corrected chi connectivity index (χ4v) is 2.84. The fourth-order valence-electron chi connectivity index (χ4n) is 2.20. The first-order valence-electron chi connectivity index (χ1n) is 6.97. The number of nitrogens with one attached hydrogen (secondary N) is 1. The van der Waals surface area contributed by atoms with Crippen molar-refractivity contribution in [3.63, 3.8) is 0 Å². The summed E-state index contributed by atoms with van der Waals surface area (Å²) in [5.74, 6) is -1.07. The van der Waals surface area contributed by atoms with Crippen LogP contribution in [0.3, 0.4) is 0 Å². The van der Waals surface area contributed by atoms with E-state index < -0.39 is 44.5 Å². The normalized spacial score (nSPS) is 12.0. The highest BCUT2D eigenvalue weighted by Gasteiger charge is 2.33. The molecular weight excluding hydrogens is 380 g/mol. The van der Waals surface area contributed by atoms with E-state index in [4.69, 9.17) is 0 Å². The molecule has 0 radical (unpaired) electrons. The van der Waals surface area contributed by atoms with Crippen LogP contribution < -0.4 is 5.32 Å². The molecule has 0 heterocycles. The van der Waals surface area contributed by atoms with Gasteiger partial charge in [-0.2, -0.15) is 13.2 Å². The first-order valence-corrected chi connectivity index (χ1v) is 8.86. The Balaban J connectivity index is 2.38. The van der Waals surface area contributed by atoms with E-state index in [9.17, 15) is 36.1 Å². The maximum Gasteiger partial charge on any atom is 0.416 e. The molecule has 6 nitrogen and oxygen atoms in total. The molecule has 0 saturated carbocycles. The zero-order valence-corrected chi connectivity index (χ0v) is 14.0. The van der Waals surface area contributed by atoms with Gasteiger partial charge in [0.2, 0.25) is 0 Å². The molecule has 0 aliphatic carbocycles. The molecule has 11 heteroatoms. The van der Waals surface area contributed by atoms with Gasteiger partial charge in [0.1, 0.15) is 11.5 Å². The second-order valence-corrected chi connectivity index (χ2v) is 7.38. The summed E-state index contributed by atoms with van der Waals surface area (Å²) in [4.78, 5) is 9.97. The van der Waals surface area contributed by atoms with Crippen LogP contribution in [0.5, 0.6) is 0 Å². The van der Waals surface area contributed by atoms with Crippen LogP contribution in [0.4, 0.5) is 28.9 Å². The van der Waals surface area contributed by atoms with Gasteiger partial charge < -0.3 is 5.32 Å². The lowest BCUT2D eigenvalue weighted by molar-refractivity contribution is -0.384. The second kappa shape index (κ2) is 6.90. The van der Waals surface area contributed by atoms with E-state index in [2.05, 4.69) is 5.32 Å².